The Labute approximate surface area is 78.1 Å². The molecule has 3 N–H and O–H groups in total. The van der Waals surface area contributed by atoms with Crippen molar-refractivity contribution in [2.45, 2.75) is 13.0 Å². The number of pyridine rings is 1. The van der Waals surface area contributed by atoms with Crippen molar-refractivity contribution in [1.82, 2.24) is 4.98 Å². The van der Waals surface area contributed by atoms with Gasteiger partial charge in [0.15, 0.2) is 5.75 Å². The highest BCUT2D eigenvalue weighted by molar-refractivity contribution is 6.32. The second kappa shape index (κ2) is 3.85. The van der Waals surface area contributed by atoms with E-state index in [1.807, 2.05) is 0 Å². The van der Waals surface area contributed by atoms with Gasteiger partial charge in [-0.15, -0.1) is 0 Å². The molecular formula is C7H7ClF2N2O. The molecule has 0 saturated heterocycles. The Hall–Kier alpha value is -0.940. The van der Waals surface area contributed by atoms with Gasteiger partial charge in [-0.1, -0.05) is 11.6 Å². The number of alkyl halides is 2. The van der Waals surface area contributed by atoms with Crippen molar-refractivity contribution in [2.24, 2.45) is 5.73 Å². The quantitative estimate of drug-likeness (QED) is 0.780. The van der Waals surface area contributed by atoms with E-state index in [4.69, 9.17) is 17.3 Å². The molecule has 0 bridgehead atoms. The first-order chi connectivity index (χ1) is 6.07. The van der Waals surface area contributed by atoms with Gasteiger partial charge in [-0.25, -0.2) is 8.78 Å². The third kappa shape index (κ3) is 1.87. The summed E-state index contributed by atoms with van der Waals surface area (Å²) >= 11 is 5.45. The van der Waals surface area contributed by atoms with Crippen LogP contribution in [-0.2, 0) is 6.54 Å². The molecule has 0 radical (unpaired) electrons. The van der Waals surface area contributed by atoms with Gasteiger partial charge in [0.05, 0.1) is 16.3 Å². The minimum absolute atomic E-state index is 0.0466. The Balaban J connectivity index is 3.23. The van der Waals surface area contributed by atoms with E-state index in [0.29, 0.717) is 0 Å². The molecule has 1 aromatic rings. The number of nitrogens with two attached hydrogens (primary N) is 1. The third-order valence-corrected chi connectivity index (χ3v) is 1.92. The van der Waals surface area contributed by atoms with Crippen LogP contribution in [0.25, 0.3) is 0 Å². The zero-order valence-electron chi connectivity index (χ0n) is 6.47. The van der Waals surface area contributed by atoms with Gasteiger partial charge in [-0.05, 0) is 0 Å². The minimum Gasteiger partial charge on any atom is -0.504 e. The summed E-state index contributed by atoms with van der Waals surface area (Å²) in [4.78, 5) is 3.54. The van der Waals surface area contributed by atoms with Crippen LogP contribution in [0.15, 0.2) is 6.20 Å². The van der Waals surface area contributed by atoms with Crippen LogP contribution in [0.2, 0.25) is 5.02 Å². The zero-order valence-corrected chi connectivity index (χ0v) is 7.22. The largest absolute Gasteiger partial charge is 0.504 e. The SMILES string of the molecule is NCc1ncc(C(F)F)c(Cl)c1O. The molecule has 1 aromatic heterocycles. The molecule has 72 valence electrons. The second-order valence-electron chi connectivity index (χ2n) is 2.33. The molecule has 0 aromatic carbocycles. The molecule has 6 heteroatoms. The van der Waals surface area contributed by atoms with Gasteiger partial charge < -0.3 is 10.8 Å². The van der Waals surface area contributed by atoms with Crippen LogP contribution in [0, 0.1) is 0 Å². The molecule has 0 spiro atoms. The molecule has 13 heavy (non-hydrogen) atoms. The summed E-state index contributed by atoms with van der Waals surface area (Å²) in [5.74, 6) is -0.470. The molecular weight excluding hydrogens is 202 g/mol. The Bertz CT molecular complexity index is 320. The van der Waals surface area contributed by atoms with Crippen LogP contribution in [0.4, 0.5) is 8.78 Å². The maximum Gasteiger partial charge on any atom is 0.266 e. The molecule has 1 heterocycles. The van der Waals surface area contributed by atoms with E-state index in [-0.39, 0.29) is 17.3 Å². The minimum atomic E-state index is -2.75. The van der Waals surface area contributed by atoms with Crippen molar-refractivity contribution in [3.05, 3.63) is 22.5 Å². The number of halogens is 3. The first-order valence-electron chi connectivity index (χ1n) is 3.42. The number of aromatic hydroxyl groups is 1. The molecule has 0 aliphatic rings. The number of nitrogens with zero attached hydrogens (tertiary/aromatic N) is 1. The van der Waals surface area contributed by atoms with E-state index in [1.54, 1.807) is 0 Å². The van der Waals surface area contributed by atoms with Crippen LogP contribution >= 0.6 is 11.6 Å². The molecule has 0 aliphatic carbocycles. The lowest BCUT2D eigenvalue weighted by Crippen LogP contribution is -2.01. The summed E-state index contributed by atoms with van der Waals surface area (Å²) in [7, 11) is 0. The maximum atomic E-state index is 12.2. The van der Waals surface area contributed by atoms with Gasteiger partial charge in [0.25, 0.3) is 6.43 Å². The first kappa shape index (κ1) is 10.1. The fourth-order valence-corrected chi connectivity index (χ4v) is 1.07. The topological polar surface area (TPSA) is 59.1 Å². The molecule has 0 amide bonds. The number of hydrogen-bond donors (Lipinski definition) is 2. The highest BCUT2D eigenvalue weighted by Gasteiger charge is 2.17. The van der Waals surface area contributed by atoms with Crippen molar-refractivity contribution in [2.75, 3.05) is 0 Å². The lowest BCUT2D eigenvalue weighted by atomic mass is 10.2. The average Bonchev–Trinajstić information content (AvgIpc) is 2.09. The maximum absolute atomic E-state index is 12.2. The highest BCUT2D eigenvalue weighted by atomic mass is 35.5. The Morgan fingerprint density at radius 3 is 2.69 bits per heavy atom. The molecule has 0 atom stereocenters. The van der Waals surface area contributed by atoms with Gasteiger partial charge in [-0.3, -0.25) is 4.98 Å². The van der Waals surface area contributed by atoms with Crippen LogP contribution in [0.1, 0.15) is 17.7 Å². The summed E-state index contributed by atoms with van der Waals surface area (Å²) < 4.78 is 24.4. The Kier molecular flexibility index (Phi) is 3.00. The van der Waals surface area contributed by atoms with Crippen LogP contribution in [0.3, 0.4) is 0 Å². The van der Waals surface area contributed by atoms with Crippen LogP contribution in [0.5, 0.6) is 5.75 Å². The molecule has 0 fully saturated rings. The van der Waals surface area contributed by atoms with E-state index in [0.717, 1.165) is 6.20 Å². The van der Waals surface area contributed by atoms with Gasteiger partial charge in [0.1, 0.15) is 0 Å². The Morgan fingerprint density at radius 1 is 1.62 bits per heavy atom. The first-order valence-corrected chi connectivity index (χ1v) is 3.80. The summed E-state index contributed by atoms with van der Waals surface area (Å²) in [6.45, 7) is -0.0466. The monoisotopic (exact) mass is 208 g/mol. The fourth-order valence-electron chi connectivity index (χ4n) is 0.830. The smallest absolute Gasteiger partial charge is 0.266 e. The van der Waals surface area contributed by atoms with E-state index in [9.17, 15) is 13.9 Å². The lowest BCUT2D eigenvalue weighted by molar-refractivity contribution is 0.150. The summed E-state index contributed by atoms with van der Waals surface area (Å²) in [5.41, 5.74) is 4.79. The zero-order chi connectivity index (χ0) is 10.0. The normalized spacial score (nSPS) is 10.8. The molecule has 1 rings (SSSR count). The van der Waals surface area contributed by atoms with Gasteiger partial charge in [0.2, 0.25) is 0 Å². The summed E-state index contributed by atoms with van der Waals surface area (Å²) in [6.07, 6.45) is -1.84. The number of hydrogen-bond acceptors (Lipinski definition) is 3. The summed E-state index contributed by atoms with van der Waals surface area (Å²) in [5, 5.41) is 8.84. The summed E-state index contributed by atoms with van der Waals surface area (Å²) in [6, 6.07) is 0. The van der Waals surface area contributed by atoms with Crippen molar-refractivity contribution >= 4 is 11.6 Å². The second-order valence-corrected chi connectivity index (χ2v) is 2.71. The molecule has 0 saturated carbocycles. The number of rotatable bonds is 2. The average molecular weight is 209 g/mol. The van der Waals surface area contributed by atoms with Gasteiger partial charge >= 0.3 is 0 Å². The Morgan fingerprint density at radius 2 is 2.23 bits per heavy atom. The standard InChI is InChI=1S/C7H7ClF2N2O/c8-5-3(7(9)10)2-12-4(1-11)6(5)13/h2,7,13H,1,11H2. The van der Waals surface area contributed by atoms with E-state index in [1.165, 1.54) is 0 Å². The number of aromatic nitrogens is 1. The van der Waals surface area contributed by atoms with Crippen molar-refractivity contribution in [3.63, 3.8) is 0 Å². The van der Waals surface area contributed by atoms with E-state index < -0.39 is 17.7 Å². The van der Waals surface area contributed by atoms with Gasteiger partial charge in [-0.2, -0.15) is 0 Å². The van der Waals surface area contributed by atoms with Crippen molar-refractivity contribution in [1.29, 1.82) is 0 Å². The van der Waals surface area contributed by atoms with Crippen LogP contribution in [-0.4, -0.2) is 10.1 Å². The lowest BCUT2D eigenvalue weighted by Gasteiger charge is -2.07. The molecule has 3 nitrogen and oxygen atoms in total. The fraction of sp³-hybridized carbons (Fsp3) is 0.286. The van der Waals surface area contributed by atoms with Crippen molar-refractivity contribution < 1.29 is 13.9 Å². The van der Waals surface area contributed by atoms with E-state index in [2.05, 4.69) is 4.98 Å². The molecule has 0 aliphatic heterocycles. The van der Waals surface area contributed by atoms with E-state index >= 15 is 0 Å². The van der Waals surface area contributed by atoms with Crippen molar-refractivity contribution in [3.8, 4) is 5.75 Å². The third-order valence-electron chi connectivity index (χ3n) is 1.52. The van der Waals surface area contributed by atoms with Crippen LogP contribution < -0.4 is 5.73 Å². The predicted octanol–water partition coefficient (Wildman–Crippen LogP) is 1.84. The van der Waals surface area contributed by atoms with Gasteiger partial charge in [0, 0.05) is 12.7 Å². The highest BCUT2D eigenvalue weighted by Crippen LogP contribution is 2.34. The predicted molar refractivity (Wildman–Crippen MR) is 43.8 cm³/mol. The molecule has 0 unspecified atom stereocenters.